The highest BCUT2D eigenvalue weighted by molar-refractivity contribution is 5.88. The number of benzene rings is 1. The van der Waals surface area contributed by atoms with Gasteiger partial charge in [-0.15, -0.1) is 0 Å². The number of carbonyl (C=O) groups is 1. The van der Waals surface area contributed by atoms with Gasteiger partial charge in [-0.3, -0.25) is 5.32 Å². The van der Waals surface area contributed by atoms with Crippen LogP contribution in [0.1, 0.15) is 16.7 Å². The second-order valence-electron chi connectivity index (χ2n) is 5.62. The van der Waals surface area contributed by atoms with Crippen molar-refractivity contribution in [2.75, 3.05) is 11.9 Å². The molecule has 2 N–H and O–H groups in total. The third-order valence-electron chi connectivity index (χ3n) is 3.36. The summed E-state index contributed by atoms with van der Waals surface area (Å²) < 4.78 is 40.7. The molecule has 9 heteroatoms. The van der Waals surface area contributed by atoms with Crippen molar-refractivity contribution < 1.29 is 22.7 Å². The molecule has 0 aliphatic heterocycles. The molecule has 1 aromatic carbocycles. The van der Waals surface area contributed by atoms with Gasteiger partial charge in [-0.25, -0.2) is 9.78 Å². The molecule has 0 unspecified atom stereocenters. The first-order valence-electron chi connectivity index (χ1n) is 7.95. The smallest absolute Gasteiger partial charge is 0.367 e. The van der Waals surface area contributed by atoms with Gasteiger partial charge in [0.1, 0.15) is 12.4 Å². The van der Waals surface area contributed by atoms with Gasteiger partial charge < -0.3 is 10.1 Å². The first kappa shape index (κ1) is 20.2. The number of nitrogens with zero attached hydrogens (tertiary/aromatic N) is 2. The number of hydrogen-bond acceptors (Lipinski definition) is 4. The van der Waals surface area contributed by atoms with E-state index in [1.165, 1.54) is 6.20 Å². The predicted octanol–water partition coefficient (Wildman–Crippen LogP) is 3.55. The summed E-state index contributed by atoms with van der Waals surface area (Å²) in [6, 6.07) is 11.5. The molecule has 2 amide bonds. The van der Waals surface area contributed by atoms with Gasteiger partial charge >= 0.3 is 12.2 Å². The summed E-state index contributed by atoms with van der Waals surface area (Å²) in [5, 5.41) is 13.9. The van der Waals surface area contributed by atoms with E-state index in [0.29, 0.717) is 11.4 Å². The summed E-state index contributed by atoms with van der Waals surface area (Å²) in [6.07, 6.45) is -2.63. The zero-order chi connectivity index (χ0) is 19.7. The number of anilines is 1. The fourth-order valence-electron chi connectivity index (χ4n) is 2.12. The minimum absolute atomic E-state index is 0.140. The second kappa shape index (κ2) is 9.54. The number of nitriles is 1. The Balaban J connectivity index is 1.78. The lowest BCUT2D eigenvalue weighted by Gasteiger charge is -2.09. The van der Waals surface area contributed by atoms with Crippen LogP contribution in [0.2, 0.25) is 0 Å². The van der Waals surface area contributed by atoms with Crippen molar-refractivity contribution >= 4 is 11.8 Å². The van der Waals surface area contributed by atoms with E-state index in [9.17, 15) is 18.0 Å². The number of halogens is 3. The fourth-order valence-corrected chi connectivity index (χ4v) is 2.12. The highest BCUT2D eigenvalue weighted by Crippen LogP contribution is 2.16. The number of ether oxygens (including phenoxy) is 1. The maximum Gasteiger partial charge on any atom is 0.411 e. The summed E-state index contributed by atoms with van der Waals surface area (Å²) in [6.45, 7) is -1.20. The molecule has 2 rings (SSSR count). The Labute approximate surface area is 154 Å². The Morgan fingerprint density at radius 1 is 1.15 bits per heavy atom. The lowest BCUT2D eigenvalue weighted by Crippen LogP contribution is -2.28. The average molecular weight is 378 g/mol. The quantitative estimate of drug-likeness (QED) is 0.771. The number of rotatable bonds is 7. The summed E-state index contributed by atoms with van der Waals surface area (Å²) in [5.74, 6) is 0.331. The Morgan fingerprint density at radius 2 is 1.85 bits per heavy atom. The van der Waals surface area contributed by atoms with Crippen molar-refractivity contribution in [1.29, 1.82) is 5.26 Å². The summed E-state index contributed by atoms with van der Waals surface area (Å²) in [4.78, 5) is 15.9. The van der Waals surface area contributed by atoms with Gasteiger partial charge in [0.05, 0.1) is 19.1 Å². The van der Waals surface area contributed by atoms with E-state index in [1.807, 2.05) is 6.07 Å². The minimum Gasteiger partial charge on any atom is -0.367 e. The number of pyridine rings is 1. The molecule has 2 aromatic rings. The van der Waals surface area contributed by atoms with Crippen LogP contribution in [0.15, 0.2) is 42.6 Å². The molecule has 27 heavy (non-hydrogen) atoms. The van der Waals surface area contributed by atoms with Crippen LogP contribution in [0.5, 0.6) is 0 Å². The van der Waals surface area contributed by atoms with E-state index >= 15 is 0 Å². The molecule has 0 bridgehead atoms. The molecule has 1 heterocycles. The first-order chi connectivity index (χ1) is 12.9. The lowest BCUT2D eigenvalue weighted by molar-refractivity contribution is -0.176. The van der Waals surface area contributed by atoms with Crippen LogP contribution in [0.4, 0.5) is 23.8 Å². The Kier molecular flexibility index (Phi) is 7.14. The number of aromatic nitrogens is 1. The molecule has 0 aliphatic carbocycles. The van der Waals surface area contributed by atoms with Crippen molar-refractivity contribution in [1.82, 2.24) is 10.3 Å². The van der Waals surface area contributed by atoms with Crippen LogP contribution < -0.4 is 10.6 Å². The zero-order valence-corrected chi connectivity index (χ0v) is 14.2. The number of carbonyl (C=O) groups excluding carboxylic acids is 1. The summed E-state index contributed by atoms with van der Waals surface area (Å²) in [5.41, 5.74) is 2.12. The van der Waals surface area contributed by atoms with E-state index in [-0.39, 0.29) is 19.6 Å². The normalized spacial score (nSPS) is 10.9. The molecular formula is C18H17F3N4O2. The molecule has 0 saturated carbocycles. The molecular weight excluding hydrogens is 361 g/mol. The van der Waals surface area contributed by atoms with Crippen molar-refractivity contribution in [3.8, 4) is 6.07 Å². The largest absolute Gasteiger partial charge is 0.411 e. The highest BCUT2D eigenvalue weighted by atomic mass is 19.4. The third-order valence-corrected chi connectivity index (χ3v) is 3.36. The number of amides is 2. The van der Waals surface area contributed by atoms with Crippen LogP contribution in [-0.2, 0) is 24.3 Å². The zero-order valence-electron chi connectivity index (χ0n) is 14.2. The molecule has 142 valence electrons. The van der Waals surface area contributed by atoms with Gasteiger partial charge in [0.15, 0.2) is 0 Å². The highest BCUT2D eigenvalue weighted by Gasteiger charge is 2.27. The number of hydrogen-bond donors (Lipinski definition) is 2. The maximum atomic E-state index is 12.0. The average Bonchev–Trinajstić information content (AvgIpc) is 2.61. The van der Waals surface area contributed by atoms with Gasteiger partial charge in [-0.2, -0.15) is 18.4 Å². The monoisotopic (exact) mass is 378 g/mol. The van der Waals surface area contributed by atoms with Crippen molar-refractivity contribution in [3.63, 3.8) is 0 Å². The topological polar surface area (TPSA) is 87.0 Å². The van der Waals surface area contributed by atoms with Crippen LogP contribution in [0, 0.1) is 11.3 Å². The van der Waals surface area contributed by atoms with Gasteiger partial charge in [0.2, 0.25) is 0 Å². The van der Waals surface area contributed by atoms with E-state index in [4.69, 9.17) is 5.26 Å². The number of urea groups is 1. The Hall–Kier alpha value is -3.12. The molecule has 1 aromatic heterocycles. The maximum absolute atomic E-state index is 12.0. The van der Waals surface area contributed by atoms with Gasteiger partial charge in [0.25, 0.3) is 0 Å². The SMILES string of the molecule is N#CCc1ccnc(NC(=O)NCc2ccc(COCC(F)(F)F)cc2)c1. The molecule has 0 aliphatic rings. The molecule has 0 atom stereocenters. The second-order valence-corrected chi connectivity index (χ2v) is 5.62. The molecule has 0 radical (unpaired) electrons. The number of nitrogens with one attached hydrogen (secondary N) is 2. The van der Waals surface area contributed by atoms with Crippen molar-refractivity contribution in [2.45, 2.75) is 25.7 Å². The Morgan fingerprint density at radius 3 is 2.52 bits per heavy atom. The van der Waals surface area contributed by atoms with E-state index in [1.54, 1.807) is 36.4 Å². The molecule has 0 saturated heterocycles. The van der Waals surface area contributed by atoms with Gasteiger partial charge in [-0.05, 0) is 28.8 Å². The molecule has 6 nitrogen and oxygen atoms in total. The van der Waals surface area contributed by atoms with Crippen LogP contribution in [0.25, 0.3) is 0 Å². The summed E-state index contributed by atoms with van der Waals surface area (Å²) >= 11 is 0. The summed E-state index contributed by atoms with van der Waals surface area (Å²) in [7, 11) is 0. The Bertz CT molecular complexity index is 801. The van der Waals surface area contributed by atoms with Crippen LogP contribution >= 0.6 is 0 Å². The van der Waals surface area contributed by atoms with Crippen LogP contribution in [0.3, 0.4) is 0 Å². The standard InChI is InChI=1S/C18H17F3N4O2/c19-18(20,21)12-27-11-15-3-1-14(2-4-15)10-24-17(26)25-16-9-13(5-7-22)6-8-23-16/h1-4,6,8-9H,5,10-12H2,(H2,23,24,25,26). The van der Waals surface area contributed by atoms with Gasteiger partial charge in [-0.1, -0.05) is 24.3 Å². The van der Waals surface area contributed by atoms with Gasteiger partial charge in [0, 0.05) is 12.7 Å². The van der Waals surface area contributed by atoms with E-state index < -0.39 is 18.8 Å². The van der Waals surface area contributed by atoms with Crippen molar-refractivity contribution in [2.24, 2.45) is 0 Å². The van der Waals surface area contributed by atoms with Crippen molar-refractivity contribution in [3.05, 3.63) is 59.3 Å². The fraction of sp³-hybridized carbons (Fsp3) is 0.278. The molecule has 0 fully saturated rings. The van der Waals surface area contributed by atoms with E-state index in [0.717, 1.165) is 11.1 Å². The first-order valence-corrected chi connectivity index (χ1v) is 7.95. The number of alkyl halides is 3. The van der Waals surface area contributed by atoms with E-state index in [2.05, 4.69) is 20.4 Å². The minimum atomic E-state index is -4.35. The predicted molar refractivity (Wildman–Crippen MR) is 91.6 cm³/mol. The lowest BCUT2D eigenvalue weighted by atomic mass is 10.1. The van der Waals surface area contributed by atoms with Crippen LogP contribution in [-0.4, -0.2) is 23.8 Å². The molecule has 0 spiro atoms. The third kappa shape index (κ3) is 7.75.